The number of likely N-dealkylation sites (N-methyl/N-ethyl adjacent to an activating group) is 2. The van der Waals surface area contributed by atoms with Gasteiger partial charge in [0.2, 0.25) is 23.8 Å². The van der Waals surface area contributed by atoms with Gasteiger partial charge in [-0.2, -0.15) is 30.1 Å². The minimum atomic E-state index is -0.173. The number of hydrogen-bond acceptors (Lipinski definition) is 37. The number of fused-ring (bicyclic) bond motifs is 8. The SMILES string of the molecule is CCN1c2nc(Nc3ccc(N4CCN(C)CC4)cn3)ncc2N(C)C(=O)c2nc(C)sc21.CCN1c2nc(Nc3cnn(C)c3)ncc2N(C)C(=O)c2nc(C)sc21.CCN1c2nc(Nc3cnn(C)c3C)ncc2N(C)C(=O)c2nc(C)sc21.CCN1c2nc(Nc3ncc(N4CCN(C)CC4)cc3OC)ncc2N(C)C(=O)c2nc(C)sc21. The topological polar surface area (TPSA) is 381 Å². The van der Waals surface area contributed by atoms with Crippen LogP contribution in [0.3, 0.4) is 0 Å². The molecular weight excluding hydrogens is 1620 g/mol. The van der Waals surface area contributed by atoms with Crippen LogP contribution in [0.4, 0.5) is 124 Å². The molecule has 4 N–H and O–H groups in total. The Morgan fingerprint density at radius 3 is 1.12 bits per heavy atom. The van der Waals surface area contributed by atoms with E-state index in [4.69, 9.17) is 19.7 Å². The third-order valence-corrected chi connectivity index (χ3v) is 25.0. The van der Waals surface area contributed by atoms with Gasteiger partial charge in [-0.3, -0.25) is 28.5 Å². The van der Waals surface area contributed by atoms with Crippen LogP contribution >= 0.6 is 45.3 Å². The van der Waals surface area contributed by atoms with E-state index in [0.29, 0.717) is 136 Å². The fourth-order valence-electron chi connectivity index (χ4n) is 14.2. The second-order valence-electron chi connectivity index (χ2n) is 29.0. The second-order valence-corrected chi connectivity index (χ2v) is 33.7. The molecule has 630 valence electrons. The smallest absolute Gasteiger partial charge is 0.279 e. The highest BCUT2D eigenvalue weighted by molar-refractivity contribution is 7.17. The number of thiazole rings is 4. The molecule has 0 radical (unpaired) electrons. The molecule has 0 bridgehead atoms. The average molecular weight is 1720 g/mol. The standard InChI is InChI=1S/C23H29N9O2S.C22H27N9OS.C17H20N8OS.C16H18N8OS/c1-6-32-20-16(30(4)21(33)18-22(32)35-14(2)26-18)13-25-23(28-20)27-19-17(34-5)11-15(12-24-19)31-9-7-29(3)8-10-31;1-5-31-19-16(29(4)20(32)18-21(31)33-14(2)25-18)13-24-22(27-19)26-17-7-6-15(12-23-17)30-10-8-28(3)9-11-30;1-6-25-14-12(23(4)15(26)13-16(25)27-10(3)20-13)8-18-17(22-14)21-11-7-19-24(5)9(11)2;1-5-24-13-11(23(4)14(25)12-15(24)26-9(2)19-12)7-17-16(21-13)20-10-6-18-22(3)8-10/h11-13H,6-10H2,1-5H3,(H,24,25,27,28);6-7,12-13H,5,8-11H2,1-4H3,(H,23,24,26,27);7-8H,6H2,1-5H3,(H,18,21,22);6-8H,5H2,1-4H3,(H,17,20,21). The van der Waals surface area contributed by atoms with Crippen molar-refractivity contribution >= 4 is 193 Å². The van der Waals surface area contributed by atoms with Crippen LogP contribution in [0, 0.1) is 34.6 Å². The van der Waals surface area contributed by atoms with Gasteiger partial charge in [-0.15, -0.1) is 45.3 Å². The zero-order valence-electron chi connectivity index (χ0n) is 70.5. The molecule has 2 saturated heterocycles. The molecule has 12 aromatic rings. The third-order valence-electron chi connectivity index (χ3n) is 21.1. The molecule has 12 aromatic heterocycles. The number of rotatable bonds is 15. The van der Waals surface area contributed by atoms with Crippen molar-refractivity contribution in [3.63, 3.8) is 0 Å². The number of piperazine rings is 2. The van der Waals surface area contributed by atoms with Crippen LogP contribution in [0.15, 0.2) is 74.0 Å². The van der Waals surface area contributed by atoms with E-state index in [2.05, 4.69) is 126 Å². The first kappa shape index (κ1) is 83.2. The first-order valence-electron chi connectivity index (χ1n) is 39.2. The number of amides is 4. The van der Waals surface area contributed by atoms with E-state index >= 15 is 0 Å². The number of carbonyl (C=O) groups is 4. The van der Waals surface area contributed by atoms with Crippen molar-refractivity contribution in [1.82, 2.24) is 99.1 Å². The Hall–Kier alpha value is -12.8. The zero-order valence-corrected chi connectivity index (χ0v) is 73.8. The molecule has 0 atom stereocenters. The lowest BCUT2D eigenvalue weighted by atomic mass is 10.2. The van der Waals surface area contributed by atoms with Crippen molar-refractivity contribution in [2.75, 3.05) is 198 Å². The Bertz CT molecular complexity index is 5870. The first-order chi connectivity index (χ1) is 58.2. The molecule has 39 nitrogen and oxygen atoms in total. The van der Waals surface area contributed by atoms with E-state index in [-0.39, 0.29) is 23.6 Å². The molecule has 2 fully saturated rings. The molecule has 4 amide bonds. The molecular formula is C78H94N34O5S4. The maximum Gasteiger partial charge on any atom is 0.279 e. The van der Waals surface area contributed by atoms with E-state index in [1.165, 1.54) is 45.3 Å². The molecule has 0 unspecified atom stereocenters. The van der Waals surface area contributed by atoms with Gasteiger partial charge in [-0.05, 0) is 88.5 Å². The molecule has 121 heavy (non-hydrogen) atoms. The van der Waals surface area contributed by atoms with Crippen LogP contribution < -0.4 is 75.0 Å². The van der Waals surface area contributed by atoms with E-state index in [1.807, 2.05) is 127 Å². The van der Waals surface area contributed by atoms with Crippen molar-refractivity contribution in [3.05, 3.63) is 122 Å². The summed E-state index contributed by atoms with van der Waals surface area (Å²) in [4.78, 5) is 139. The maximum absolute atomic E-state index is 13.1. The lowest BCUT2D eigenvalue weighted by Gasteiger charge is -2.34. The van der Waals surface area contributed by atoms with Gasteiger partial charge in [0.1, 0.15) is 48.6 Å². The van der Waals surface area contributed by atoms with Crippen LogP contribution in [-0.4, -0.2) is 251 Å². The fourth-order valence-corrected chi connectivity index (χ4v) is 18.1. The molecule has 6 aliphatic rings. The predicted molar refractivity (Wildman–Crippen MR) is 476 cm³/mol. The minimum Gasteiger partial charge on any atom is -0.493 e. The summed E-state index contributed by atoms with van der Waals surface area (Å²) in [7, 11) is 16.5. The number of pyridine rings is 2. The summed E-state index contributed by atoms with van der Waals surface area (Å²) in [6.07, 6.45) is 15.7. The third kappa shape index (κ3) is 16.7. The number of methoxy groups -OCH3 is 1. The first-order valence-corrected chi connectivity index (χ1v) is 42.5. The summed E-state index contributed by atoms with van der Waals surface area (Å²) < 4.78 is 9.12. The van der Waals surface area contributed by atoms with Crippen LogP contribution in [0.25, 0.3) is 0 Å². The van der Waals surface area contributed by atoms with Crippen LogP contribution in [0.2, 0.25) is 0 Å². The minimum absolute atomic E-state index is 0.154. The van der Waals surface area contributed by atoms with Crippen LogP contribution in [0.1, 0.15) is 95.4 Å². The summed E-state index contributed by atoms with van der Waals surface area (Å²) in [5.74, 6) is 5.52. The number of hydrogen-bond donors (Lipinski definition) is 4. The lowest BCUT2D eigenvalue weighted by molar-refractivity contribution is 0.0982. The summed E-state index contributed by atoms with van der Waals surface area (Å²) in [6.45, 7) is 28.3. The van der Waals surface area contributed by atoms with Gasteiger partial charge in [-0.1, -0.05) is 0 Å². The monoisotopic (exact) mass is 1710 g/mol. The van der Waals surface area contributed by atoms with E-state index in [0.717, 1.165) is 121 Å². The fraction of sp³-hybridized carbons (Fsp3) is 0.385. The molecule has 0 spiro atoms. The normalized spacial score (nSPS) is 15.1. The highest BCUT2D eigenvalue weighted by Crippen LogP contribution is 2.47. The molecule has 18 rings (SSSR count). The summed E-state index contributed by atoms with van der Waals surface area (Å²) >= 11 is 5.97. The second kappa shape index (κ2) is 34.8. The number of carbonyl (C=O) groups excluding carboxylic acids is 4. The number of nitrogens with zero attached hydrogens (tertiary/aromatic N) is 30. The van der Waals surface area contributed by atoms with E-state index in [1.54, 1.807) is 101 Å². The molecule has 18 heterocycles. The summed E-state index contributed by atoms with van der Waals surface area (Å²) in [5, 5.41) is 27.7. The van der Waals surface area contributed by atoms with Gasteiger partial charge in [0, 0.05) is 133 Å². The average Bonchev–Trinajstić information content (AvgIpc) is 1.64. The number of nitrogens with one attached hydrogen (secondary N) is 4. The van der Waals surface area contributed by atoms with Crippen molar-refractivity contribution in [3.8, 4) is 5.75 Å². The number of aromatic nitrogens is 18. The largest absolute Gasteiger partial charge is 0.493 e. The van der Waals surface area contributed by atoms with Crippen molar-refractivity contribution in [1.29, 1.82) is 0 Å². The van der Waals surface area contributed by atoms with Gasteiger partial charge in [-0.25, -0.2) is 49.8 Å². The highest BCUT2D eigenvalue weighted by atomic mass is 32.1. The van der Waals surface area contributed by atoms with E-state index < -0.39 is 0 Å². The Balaban J connectivity index is 0.000000126. The van der Waals surface area contributed by atoms with Crippen molar-refractivity contribution < 1.29 is 23.9 Å². The maximum atomic E-state index is 13.1. The summed E-state index contributed by atoms with van der Waals surface area (Å²) in [5.41, 5.74) is 9.12. The van der Waals surface area contributed by atoms with Crippen molar-refractivity contribution in [2.45, 2.75) is 62.3 Å². The highest BCUT2D eigenvalue weighted by Gasteiger charge is 2.39. The van der Waals surface area contributed by atoms with Crippen LogP contribution in [-0.2, 0) is 14.1 Å². The van der Waals surface area contributed by atoms with E-state index in [9.17, 15) is 19.2 Å². The predicted octanol–water partition coefficient (Wildman–Crippen LogP) is 11.0. The Labute approximate surface area is 714 Å². The Kier molecular flexibility index (Phi) is 24.0. The number of aryl methyl sites for hydroxylation is 6. The molecule has 0 aromatic carbocycles. The van der Waals surface area contributed by atoms with Gasteiger partial charge in [0.25, 0.3) is 23.6 Å². The Morgan fingerprint density at radius 1 is 0.397 bits per heavy atom. The molecule has 43 heteroatoms. The lowest BCUT2D eigenvalue weighted by Crippen LogP contribution is -2.44. The van der Waals surface area contributed by atoms with Crippen molar-refractivity contribution in [2.24, 2.45) is 14.1 Å². The van der Waals surface area contributed by atoms with Gasteiger partial charge >= 0.3 is 0 Å². The molecule has 6 aliphatic heterocycles. The summed E-state index contributed by atoms with van der Waals surface area (Å²) in [6, 6.07) is 6.00. The van der Waals surface area contributed by atoms with Gasteiger partial charge in [0.05, 0.1) is 105 Å². The van der Waals surface area contributed by atoms with Gasteiger partial charge in [0.15, 0.2) is 57.6 Å². The van der Waals surface area contributed by atoms with Gasteiger partial charge < -0.3 is 84.8 Å². The quantitative estimate of drug-likeness (QED) is 0.0740. The number of ether oxygens (including phenoxy) is 1. The molecule has 0 saturated carbocycles. The molecule has 0 aliphatic carbocycles. The zero-order chi connectivity index (χ0) is 85.5. The Morgan fingerprint density at radius 2 is 0.769 bits per heavy atom. The number of anilines is 22. The van der Waals surface area contributed by atoms with Crippen LogP contribution in [0.5, 0.6) is 5.75 Å².